The Balaban J connectivity index is 1.71. The van der Waals surface area contributed by atoms with Crippen molar-refractivity contribution in [3.63, 3.8) is 0 Å². The highest BCUT2D eigenvalue weighted by atomic mass is 35.5. The van der Waals surface area contributed by atoms with Gasteiger partial charge >= 0.3 is 0 Å². The monoisotopic (exact) mass is 386 g/mol. The second-order valence-electron chi connectivity index (χ2n) is 7.43. The largest absolute Gasteiger partial charge is 0.495 e. The third kappa shape index (κ3) is 3.53. The Hall–Kier alpha value is -1.78. The van der Waals surface area contributed by atoms with Crippen molar-refractivity contribution < 1.29 is 4.74 Å². The highest BCUT2D eigenvalue weighted by molar-refractivity contribution is 7.09. The van der Waals surface area contributed by atoms with E-state index in [-0.39, 0.29) is 11.6 Å². The predicted octanol–water partition coefficient (Wildman–Crippen LogP) is 5.91. The van der Waals surface area contributed by atoms with Gasteiger partial charge in [0.15, 0.2) is 0 Å². The Morgan fingerprint density at radius 1 is 1.35 bits per heavy atom. The lowest BCUT2D eigenvalue weighted by atomic mass is 9.94. The molecule has 1 aromatic carbocycles. The van der Waals surface area contributed by atoms with Gasteiger partial charge < -0.3 is 9.64 Å². The molecule has 0 radical (unpaired) electrons. The van der Waals surface area contributed by atoms with E-state index in [2.05, 4.69) is 48.1 Å². The minimum atomic E-state index is -0.264. The van der Waals surface area contributed by atoms with Crippen LogP contribution in [0.1, 0.15) is 43.3 Å². The lowest BCUT2D eigenvalue weighted by Gasteiger charge is -2.44. The average Bonchev–Trinajstić information content (AvgIpc) is 3.29. The van der Waals surface area contributed by atoms with Crippen LogP contribution in [0.25, 0.3) is 0 Å². The maximum absolute atomic E-state index is 6.30. The number of benzene rings is 1. The summed E-state index contributed by atoms with van der Waals surface area (Å²) in [4.78, 5) is 6.91. The Morgan fingerprint density at radius 3 is 2.88 bits per heavy atom. The first-order chi connectivity index (χ1) is 12.6. The van der Waals surface area contributed by atoms with E-state index in [1.165, 1.54) is 12.8 Å². The minimum Gasteiger partial charge on any atom is -0.495 e. The van der Waals surface area contributed by atoms with Crippen LogP contribution in [0.4, 0.5) is 0 Å². The maximum Gasteiger partial charge on any atom is 0.123 e. The van der Waals surface area contributed by atoms with Crippen LogP contribution in [-0.2, 0) is 10.3 Å². The van der Waals surface area contributed by atoms with Gasteiger partial charge in [0.1, 0.15) is 16.8 Å². The van der Waals surface area contributed by atoms with E-state index < -0.39 is 0 Å². The van der Waals surface area contributed by atoms with Crippen molar-refractivity contribution in [2.24, 2.45) is 5.92 Å². The highest BCUT2D eigenvalue weighted by Crippen LogP contribution is 2.43. The van der Waals surface area contributed by atoms with E-state index in [4.69, 9.17) is 16.3 Å². The summed E-state index contributed by atoms with van der Waals surface area (Å²) in [6.07, 6.45) is 10.7. The fourth-order valence-electron chi connectivity index (χ4n) is 3.32. The molecular weight excluding hydrogens is 364 g/mol. The number of thiazole rings is 1. The fourth-order valence-corrected chi connectivity index (χ4v) is 4.28. The number of allylic oxidation sites excluding steroid dienone is 2. The molecule has 0 saturated heterocycles. The SMILES string of the molecule is CC(C)(c1nccs1)N1C=CC=C(OCC2CC2)C1c1cccc(Cl)c1. The van der Waals surface area contributed by atoms with Gasteiger partial charge in [0.05, 0.1) is 12.1 Å². The van der Waals surface area contributed by atoms with Gasteiger partial charge in [-0.1, -0.05) is 23.7 Å². The van der Waals surface area contributed by atoms with E-state index in [1.807, 2.05) is 29.8 Å². The maximum atomic E-state index is 6.30. The normalized spacial score (nSPS) is 20.2. The van der Waals surface area contributed by atoms with Crippen LogP contribution in [0.3, 0.4) is 0 Å². The van der Waals surface area contributed by atoms with Crippen LogP contribution < -0.4 is 0 Å². The molecule has 136 valence electrons. The quantitative estimate of drug-likeness (QED) is 0.616. The second kappa shape index (κ2) is 7.09. The molecule has 2 aromatic rings. The summed E-state index contributed by atoms with van der Waals surface area (Å²) >= 11 is 7.98. The first-order valence-corrected chi connectivity index (χ1v) is 10.3. The van der Waals surface area contributed by atoms with Crippen LogP contribution >= 0.6 is 22.9 Å². The fraction of sp³-hybridized carbons (Fsp3) is 0.381. The molecule has 5 heteroatoms. The molecule has 3 nitrogen and oxygen atoms in total. The van der Waals surface area contributed by atoms with E-state index in [9.17, 15) is 0 Å². The number of hydrogen-bond donors (Lipinski definition) is 0. The molecule has 4 rings (SSSR count). The zero-order chi connectivity index (χ0) is 18.1. The van der Waals surface area contributed by atoms with E-state index in [0.717, 1.165) is 28.0 Å². The molecule has 0 bridgehead atoms. The Kier molecular flexibility index (Phi) is 4.80. The lowest BCUT2D eigenvalue weighted by Crippen LogP contribution is -2.42. The molecule has 1 aliphatic heterocycles. The van der Waals surface area contributed by atoms with Gasteiger partial charge in [0.2, 0.25) is 0 Å². The number of ether oxygens (including phenoxy) is 1. The Morgan fingerprint density at radius 2 is 2.19 bits per heavy atom. The summed E-state index contributed by atoms with van der Waals surface area (Å²) in [5.41, 5.74) is 0.869. The van der Waals surface area contributed by atoms with Crippen LogP contribution in [0.15, 0.2) is 60.0 Å². The lowest BCUT2D eigenvalue weighted by molar-refractivity contribution is 0.0809. The molecule has 0 spiro atoms. The molecule has 1 aliphatic carbocycles. The summed E-state index contributed by atoms with van der Waals surface area (Å²) in [6.45, 7) is 5.21. The van der Waals surface area contributed by atoms with E-state index in [0.29, 0.717) is 5.92 Å². The molecule has 1 fully saturated rings. The molecule has 0 N–H and O–H groups in total. The van der Waals surface area contributed by atoms with Crippen molar-refractivity contribution in [3.8, 4) is 0 Å². The van der Waals surface area contributed by atoms with Crippen molar-refractivity contribution in [2.45, 2.75) is 38.3 Å². The topological polar surface area (TPSA) is 25.4 Å². The van der Waals surface area contributed by atoms with Crippen molar-refractivity contribution >= 4 is 22.9 Å². The summed E-state index contributed by atoms with van der Waals surface area (Å²) in [5.74, 6) is 1.69. The zero-order valence-electron chi connectivity index (χ0n) is 15.1. The summed E-state index contributed by atoms with van der Waals surface area (Å²) in [5, 5.41) is 3.85. The van der Waals surface area contributed by atoms with Crippen LogP contribution in [0.5, 0.6) is 0 Å². The minimum absolute atomic E-state index is 0.0173. The molecule has 2 heterocycles. The van der Waals surface area contributed by atoms with E-state index in [1.54, 1.807) is 11.3 Å². The number of hydrogen-bond acceptors (Lipinski definition) is 4. The summed E-state index contributed by atoms with van der Waals surface area (Å²) in [7, 11) is 0. The Bertz CT molecular complexity index is 824. The first kappa shape index (κ1) is 17.6. The standard InChI is InChI=1S/C21H23ClN2OS/c1-21(2,20-23-10-12-26-20)24-11-4-7-18(25-14-15-8-9-15)19(24)16-5-3-6-17(22)13-16/h3-7,10-13,15,19H,8-9,14H2,1-2H3. The zero-order valence-corrected chi connectivity index (χ0v) is 16.6. The molecule has 1 aromatic heterocycles. The molecule has 1 saturated carbocycles. The van der Waals surface area contributed by atoms with Gasteiger partial charge in [0.25, 0.3) is 0 Å². The molecule has 2 aliphatic rings. The highest BCUT2D eigenvalue weighted by Gasteiger charge is 2.38. The molecule has 0 amide bonds. The smallest absolute Gasteiger partial charge is 0.123 e. The Labute approximate surface area is 164 Å². The number of rotatable bonds is 6. The van der Waals surface area contributed by atoms with Gasteiger partial charge in [-0.25, -0.2) is 4.98 Å². The third-order valence-electron chi connectivity index (χ3n) is 5.00. The molecule has 26 heavy (non-hydrogen) atoms. The van der Waals surface area contributed by atoms with Crippen molar-refractivity contribution in [3.05, 3.63) is 75.5 Å². The van der Waals surface area contributed by atoms with Crippen molar-refractivity contribution in [1.29, 1.82) is 0 Å². The average molecular weight is 387 g/mol. The molecular formula is C21H23ClN2OS. The summed E-state index contributed by atoms with van der Waals surface area (Å²) < 4.78 is 6.26. The summed E-state index contributed by atoms with van der Waals surface area (Å²) in [6, 6.07) is 8.05. The van der Waals surface area contributed by atoms with Crippen LogP contribution in [0, 0.1) is 5.92 Å². The first-order valence-electron chi connectivity index (χ1n) is 9.01. The molecule has 1 atom stereocenters. The number of nitrogens with zero attached hydrogens (tertiary/aromatic N) is 2. The van der Waals surface area contributed by atoms with Gasteiger partial charge in [-0.15, -0.1) is 11.3 Å². The van der Waals surface area contributed by atoms with Gasteiger partial charge in [-0.3, -0.25) is 0 Å². The second-order valence-corrected chi connectivity index (χ2v) is 8.76. The van der Waals surface area contributed by atoms with E-state index >= 15 is 0 Å². The van der Waals surface area contributed by atoms with Gasteiger partial charge in [0, 0.05) is 22.8 Å². The van der Waals surface area contributed by atoms with Crippen molar-refractivity contribution in [1.82, 2.24) is 9.88 Å². The predicted molar refractivity (Wildman–Crippen MR) is 107 cm³/mol. The number of halogens is 1. The van der Waals surface area contributed by atoms with Gasteiger partial charge in [-0.2, -0.15) is 0 Å². The third-order valence-corrected chi connectivity index (χ3v) is 6.32. The van der Waals surface area contributed by atoms with Crippen LogP contribution in [-0.4, -0.2) is 16.5 Å². The van der Waals surface area contributed by atoms with Crippen LogP contribution in [0.2, 0.25) is 5.02 Å². The van der Waals surface area contributed by atoms with Crippen molar-refractivity contribution in [2.75, 3.05) is 6.61 Å². The number of aromatic nitrogens is 1. The molecule has 1 unspecified atom stereocenters. The van der Waals surface area contributed by atoms with Gasteiger partial charge in [-0.05, 0) is 62.5 Å².